The standard InChI is InChI=1S/C12H11Br2NS/c13-10-5-11(16-8-10)7-15-6-9-3-1-2-4-12(9)14/h1-5,8,15H,6-7H2. The number of nitrogens with one attached hydrogen (secondary N) is 1. The van der Waals surface area contributed by atoms with Gasteiger partial charge in [0.05, 0.1) is 0 Å². The van der Waals surface area contributed by atoms with Gasteiger partial charge in [0.25, 0.3) is 0 Å². The molecule has 0 atom stereocenters. The van der Waals surface area contributed by atoms with Gasteiger partial charge in [-0.2, -0.15) is 0 Å². The molecular formula is C12H11Br2NS. The lowest BCUT2D eigenvalue weighted by Gasteiger charge is -2.05. The van der Waals surface area contributed by atoms with Crippen LogP contribution in [0.15, 0.2) is 44.7 Å². The zero-order chi connectivity index (χ0) is 11.4. The molecule has 0 unspecified atom stereocenters. The minimum Gasteiger partial charge on any atom is -0.308 e. The van der Waals surface area contributed by atoms with Crippen LogP contribution >= 0.6 is 43.2 Å². The Hall–Kier alpha value is -0.160. The quantitative estimate of drug-likeness (QED) is 0.842. The maximum absolute atomic E-state index is 3.54. The van der Waals surface area contributed by atoms with Crippen LogP contribution < -0.4 is 5.32 Å². The summed E-state index contributed by atoms with van der Waals surface area (Å²) in [5, 5.41) is 5.54. The molecule has 0 saturated heterocycles. The zero-order valence-electron chi connectivity index (χ0n) is 8.54. The Balaban J connectivity index is 1.87. The first-order valence-corrected chi connectivity index (χ1v) is 7.39. The van der Waals surface area contributed by atoms with Crippen LogP contribution in [0.4, 0.5) is 0 Å². The van der Waals surface area contributed by atoms with Crippen LogP contribution in [-0.2, 0) is 13.1 Å². The molecule has 0 radical (unpaired) electrons. The van der Waals surface area contributed by atoms with Gasteiger partial charge in [-0.05, 0) is 33.6 Å². The molecule has 0 aliphatic heterocycles. The van der Waals surface area contributed by atoms with Gasteiger partial charge in [0.1, 0.15) is 0 Å². The molecule has 16 heavy (non-hydrogen) atoms. The Morgan fingerprint density at radius 3 is 2.62 bits per heavy atom. The van der Waals surface area contributed by atoms with Crippen LogP contribution in [0.5, 0.6) is 0 Å². The molecule has 1 heterocycles. The highest BCUT2D eigenvalue weighted by molar-refractivity contribution is 9.10. The molecule has 0 amide bonds. The van der Waals surface area contributed by atoms with E-state index in [4.69, 9.17) is 0 Å². The van der Waals surface area contributed by atoms with E-state index in [1.165, 1.54) is 10.4 Å². The number of hydrogen-bond acceptors (Lipinski definition) is 2. The Bertz CT molecular complexity index is 468. The smallest absolute Gasteiger partial charge is 0.0303 e. The summed E-state index contributed by atoms with van der Waals surface area (Å²) in [4.78, 5) is 1.35. The third-order valence-corrected chi connectivity index (χ3v) is 4.67. The van der Waals surface area contributed by atoms with Crippen molar-refractivity contribution < 1.29 is 0 Å². The van der Waals surface area contributed by atoms with Crippen molar-refractivity contribution in [2.45, 2.75) is 13.1 Å². The van der Waals surface area contributed by atoms with Crippen LogP contribution in [0.25, 0.3) is 0 Å². The van der Waals surface area contributed by atoms with Crippen molar-refractivity contribution in [1.29, 1.82) is 0 Å². The van der Waals surface area contributed by atoms with Gasteiger partial charge in [0, 0.05) is 32.3 Å². The van der Waals surface area contributed by atoms with E-state index >= 15 is 0 Å². The number of thiophene rings is 1. The summed E-state index contributed by atoms with van der Waals surface area (Å²) in [7, 11) is 0. The summed E-state index contributed by atoms with van der Waals surface area (Å²) in [5.74, 6) is 0. The Kier molecular flexibility index (Phi) is 4.58. The predicted molar refractivity (Wildman–Crippen MR) is 76.7 cm³/mol. The SMILES string of the molecule is Brc1csc(CNCc2ccccc2Br)c1. The van der Waals surface area contributed by atoms with E-state index in [-0.39, 0.29) is 0 Å². The molecule has 0 fully saturated rings. The zero-order valence-corrected chi connectivity index (χ0v) is 12.5. The first-order valence-electron chi connectivity index (χ1n) is 4.93. The Morgan fingerprint density at radius 2 is 1.94 bits per heavy atom. The molecule has 0 bridgehead atoms. The molecule has 0 saturated carbocycles. The molecule has 1 aromatic heterocycles. The number of hydrogen-bond donors (Lipinski definition) is 1. The van der Waals surface area contributed by atoms with Gasteiger partial charge >= 0.3 is 0 Å². The second-order valence-electron chi connectivity index (χ2n) is 3.43. The van der Waals surface area contributed by atoms with Crippen LogP contribution in [0.3, 0.4) is 0 Å². The van der Waals surface area contributed by atoms with Crippen LogP contribution in [-0.4, -0.2) is 0 Å². The molecule has 0 aliphatic carbocycles. The van der Waals surface area contributed by atoms with E-state index in [1.807, 2.05) is 6.07 Å². The lowest BCUT2D eigenvalue weighted by atomic mass is 10.2. The van der Waals surface area contributed by atoms with E-state index in [2.05, 4.69) is 66.8 Å². The maximum Gasteiger partial charge on any atom is 0.0303 e. The van der Waals surface area contributed by atoms with Gasteiger partial charge in [-0.15, -0.1) is 11.3 Å². The van der Waals surface area contributed by atoms with Crippen molar-refractivity contribution in [2.75, 3.05) is 0 Å². The highest BCUT2D eigenvalue weighted by atomic mass is 79.9. The minimum atomic E-state index is 0.886. The Labute approximate surface area is 116 Å². The predicted octanol–water partition coefficient (Wildman–Crippen LogP) is 4.56. The van der Waals surface area contributed by atoms with Gasteiger partial charge in [0.15, 0.2) is 0 Å². The average Bonchev–Trinajstić information content (AvgIpc) is 2.67. The van der Waals surface area contributed by atoms with Gasteiger partial charge in [-0.1, -0.05) is 34.1 Å². The molecule has 84 valence electrons. The van der Waals surface area contributed by atoms with E-state index in [0.717, 1.165) is 22.0 Å². The van der Waals surface area contributed by atoms with Gasteiger partial charge in [-0.3, -0.25) is 0 Å². The van der Waals surface area contributed by atoms with Gasteiger partial charge in [0.2, 0.25) is 0 Å². The lowest BCUT2D eigenvalue weighted by Crippen LogP contribution is -2.11. The summed E-state index contributed by atoms with van der Waals surface area (Å²) in [6.45, 7) is 1.80. The molecule has 1 aromatic carbocycles. The van der Waals surface area contributed by atoms with Gasteiger partial charge < -0.3 is 5.32 Å². The highest BCUT2D eigenvalue weighted by Gasteiger charge is 1.99. The molecule has 2 rings (SSSR count). The third-order valence-electron chi connectivity index (χ3n) is 2.19. The fourth-order valence-corrected chi connectivity index (χ4v) is 3.25. The second-order valence-corrected chi connectivity index (χ2v) is 6.19. The van der Waals surface area contributed by atoms with Crippen molar-refractivity contribution in [3.05, 3.63) is 55.1 Å². The monoisotopic (exact) mass is 359 g/mol. The van der Waals surface area contributed by atoms with E-state index in [9.17, 15) is 0 Å². The normalized spacial score (nSPS) is 10.6. The third kappa shape index (κ3) is 3.42. The van der Waals surface area contributed by atoms with E-state index in [0.29, 0.717) is 0 Å². The van der Waals surface area contributed by atoms with Crippen LogP contribution in [0.2, 0.25) is 0 Å². The molecule has 0 spiro atoms. The number of halogens is 2. The lowest BCUT2D eigenvalue weighted by molar-refractivity contribution is 0.699. The van der Waals surface area contributed by atoms with Crippen molar-refractivity contribution in [3.8, 4) is 0 Å². The van der Waals surface area contributed by atoms with Crippen molar-refractivity contribution in [3.63, 3.8) is 0 Å². The molecule has 1 N–H and O–H groups in total. The molecule has 4 heteroatoms. The van der Waals surface area contributed by atoms with Crippen molar-refractivity contribution in [1.82, 2.24) is 5.32 Å². The number of rotatable bonds is 4. The fraction of sp³-hybridized carbons (Fsp3) is 0.167. The molecule has 0 aliphatic rings. The summed E-state index contributed by atoms with van der Waals surface area (Å²) in [5.41, 5.74) is 1.29. The second kappa shape index (κ2) is 5.96. The number of benzene rings is 1. The topological polar surface area (TPSA) is 12.0 Å². The van der Waals surface area contributed by atoms with E-state index in [1.54, 1.807) is 11.3 Å². The maximum atomic E-state index is 3.54. The summed E-state index contributed by atoms with van der Waals surface area (Å²) in [6, 6.07) is 10.4. The largest absolute Gasteiger partial charge is 0.308 e. The minimum absolute atomic E-state index is 0.886. The fourth-order valence-electron chi connectivity index (χ4n) is 1.41. The first-order chi connectivity index (χ1) is 7.75. The van der Waals surface area contributed by atoms with Crippen molar-refractivity contribution in [2.24, 2.45) is 0 Å². The van der Waals surface area contributed by atoms with Crippen LogP contribution in [0, 0.1) is 0 Å². The van der Waals surface area contributed by atoms with Crippen LogP contribution in [0.1, 0.15) is 10.4 Å². The molecular weight excluding hydrogens is 350 g/mol. The van der Waals surface area contributed by atoms with E-state index < -0.39 is 0 Å². The Morgan fingerprint density at radius 1 is 1.12 bits per heavy atom. The average molecular weight is 361 g/mol. The molecule has 1 nitrogen and oxygen atoms in total. The first kappa shape index (κ1) is 12.3. The summed E-state index contributed by atoms with van der Waals surface area (Å²) >= 11 is 8.77. The highest BCUT2D eigenvalue weighted by Crippen LogP contribution is 2.20. The summed E-state index contributed by atoms with van der Waals surface area (Å²) < 4.78 is 2.32. The van der Waals surface area contributed by atoms with Crippen molar-refractivity contribution >= 4 is 43.2 Å². The molecule has 2 aromatic rings. The summed E-state index contributed by atoms with van der Waals surface area (Å²) in [6.07, 6.45) is 0. The van der Waals surface area contributed by atoms with Gasteiger partial charge in [-0.25, -0.2) is 0 Å².